The van der Waals surface area contributed by atoms with Crippen molar-refractivity contribution in [1.29, 1.82) is 5.26 Å². The van der Waals surface area contributed by atoms with Crippen LogP contribution in [0.15, 0.2) is 42.5 Å². The predicted molar refractivity (Wildman–Crippen MR) is 82.6 cm³/mol. The van der Waals surface area contributed by atoms with Gasteiger partial charge in [-0.2, -0.15) is 5.26 Å². The van der Waals surface area contributed by atoms with Gasteiger partial charge in [0, 0.05) is 18.8 Å². The zero-order chi connectivity index (χ0) is 14.7. The molecular formula is C17H17N3O. The van der Waals surface area contributed by atoms with Gasteiger partial charge >= 0.3 is 0 Å². The lowest BCUT2D eigenvalue weighted by Crippen LogP contribution is -2.33. The SMILES string of the molecule is N#Cc1cc(-c2cccc([C@@H]3CNCCO3)c2)ccc1N. The van der Waals surface area contributed by atoms with Crippen molar-refractivity contribution in [3.8, 4) is 17.2 Å². The highest BCUT2D eigenvalue weighted by Gasteiger charge is 2.16. The first-order chi connectivity index (χ1) is 10.3. The largest absolute Gasteiger partial charge is 0.398 e. The molecule has 0 bridgehead atoms. The van der Waals surface area contributed by atoms with Crippen molar-refractivity contribution < 1.29 is 4.74 Å². The molecule has 1 saturated heterocycles. The third-order valence-electron chi connectivity index (χ3n) is 3.69. The molecule has 3 N–H and O–H groups in total. The molecule has 2 aromatic carbocycles. The maximum absolute atomic E-state index is 9.09. The number of hydrogen-bond donors (Lipinski definition) is 2. The van der Waals surface area contributed by atoms with Crippen molar-refractivity contribution in [3.63, 3.8) is 0 Å². The quantitative estimate of drug-likeness (QED) is 0.828. The Hall–Kier alpha value is -2.35. The van der Waals surface area contributed by atoms with E-state index >= 15 is 0 Å². The Kier molecular flexibility index (Phi) is 3.87. The summed E-state index contributed by atoms with van der Waals surface area (Å²) in [4.78, 5) is 0. The molecule has 106 valence electrons. The van der Waals surface area contributed by atoms with Crippen LogP contribution in [0.2, 0.25) is 0 Å². The van der Waals surface area contributed by atoms with Crippen LogP contribution >= 0.6 is 0 Å². The summed E-state index contributed by atoms with van der Waals surface area (Å²) >= 11 is 0. The summed E-state index contributed by atoms with van der Waals surface area (Å²) in [6.45, 7) is 2.46. The van der Waals surface area contributed by atoms with Gasteiger partial charge in [0.25, 0.3) is 0 Å². The topological polar surface area (TPSA) is 71.1 Å². The first kappa shape index (κ1) is 13.6. The lowest BCUT2D eigenvalue weighted by atomic mass is 9.98. The van der Waals surface area contributed by atoms with Gasteiger partial charge < -0.3 is 15.8 Å². The predicted octanol–water partition coefficient (Wildman–Crippen LogP) is 2.47. The van der Waals surface area contributed by atoms with Crippen molar-refractivity contribution in [1.82, 2.24) is 5.32 Å². The Labute approximate surface area is 124 Å². The fraction of sp³-hybridized carbons (Fsp3) is 0.235. The fourth-order valence-corrected chi connectivity index (χ4v) is 2.53. The van der Waals surface area contributed by atoms with Crippen LogP contribution in [0, 0.1) is 11.3 Å². The summed E-state index contributed by atoms with van der Waals surface area (Å²) in [6, 6.07) is 15.9. The Balaban J connectivity index is 1.94. The first-order valence-electron chi connectivity index (χ1n) is 7.00. The van der Waals surface area contributed by atoms with Gasteiger partial charge in [-0.15, -0.1) is 0 Å². The van der Waals surface area contributed by atoms with Crippen LogP contribution in [-0.4, -0.2) is 19.7 Å². The van der Waals surface area contributed by atoms with E-state index in [1.165, 1.54) is 0 Å². The maximum atomic E-state index is 9.09. The van der Waals surface area contributed by atoms with E-state index in [1.54, 1.807) is 6.07 Å². The summed E-state index contributed by atoms with van der Waals surface area (Å²) in [5.41, 5.74) is 10.0. The number of nitrogen functional groups attached to an aromatic ring is 1. The van der Waals surface area contributed by atoms with Crippen LogP contribution < -0.4 is 11.1 Å². The monoisotopic (exact) mass is 279 g/mol. The summed E-state index contributed by atoms with van der Waals surface area (Å²) in [5, 5.41) is 12.4. The lowest BCUT2D eigenvalue weighted by Gasteiger charge is -2.24. The molecule has 1 aliphatic rings. The van der Waals surface area contributed by atoms with E-state index in [4.69, 9.17) is 15.7 Å². The molecule has 1 aliphatic heterocycles. The molecule has 1 heterocycles. The molecule has 0 unspecified atom stereocenters. The van der Waals surface area contributed by atoms with E-state index in [1.807, 2.05) is 24.3 Å². The van der Waals surface area contributed by atoms with Crippen molar-refractivity contribution in [2.75, 3.05) is 25.4 Å². The van der Waals surface area contributed by atoms with Crippen LogP contribution in [0.25, 0.3) is 11.1 Å². The first-order valence-corrected chi connectivity index (χ1v) is 7.00. The van der Waals surface area contributed by atoms with Gasteiger partial charge in [0.2, 0.25) is 0 Å². The maximum Gasteiger partial charge on any atom is 0.101 e. The molecule has 21 heavy (non-hydrogen) atoms. The van der Waals surface area contributed by atoms with Crippen LogP contribution in [0.5, 0.6) is 0 Å². The third-order valence-corrected chi connectivity index (χ3v) is 3.69. The normalized spacial score (nSPS) is 18.1. The van der Waals surface area contributed by atoms with Gasteiger partial charge in [0.1, 0.15) is 6.07 Å². The Morgan fingerprint density at radius 1 is 1.19 bits per heavy atom. The van der Waals surface area contributed by atoms with E-state index in [0.717, 1.165) is 36.4 Å². The molecule has 2 aromatic rings. The van der Waals surface area contributed by atoms with Crippen LogP contribution in [-0.2, 0) is 4.74 Å². The summed E-state index contributed by atoms with van der Waals surface area (Å²) in [5.74, 6) is 0. The lowest BCUT2D eigenvalue weighted by molar-refractivity contribution is 0.0277. The fourth-order valence-electron chi connectivity index (χ4n) is 2.53. The molecule has 4 heteroatoms. The van der Waals surface area contributed by atoms with E-state index in [-0.39, 0.29) is 6.10 Å². The Bertz CT molecular complexity index is 685. The smallest absolute Gasteiger partial charge is 0.101 e. The Morgan fingerprint density at radius 2 is 2.05 bits per heavy atom. The number of benzene rings is 2. The molecule has 0 aromatic heterocycles. The number of ether oxygens (including phenoxy) is 1. The average molecular weight is 279 g/mol. The summed E-state index contributed by atoms with van der Waals surface area (Å²) < 4.78 is 5.78. The van der Waals surface area contributed by atoms with Crippen LogP contribution in [0.1, 0.15) is 17.2 Å². The van der Waals surface area contributed by atoms with Crippen molar-refractivity contribution >= 4 is 5.69 Å². The van der Waals surface area contributed by atoms with Crippen molar-refractivity contribution in [2.24, 2.45) is 0 Å². The number of nitriles is 1. The van der Waals surface area contributed by atoms with E-state index in [9.17, 15) is 0 Å². The number of anilines is 1. The number of nitrogens with zero attached hydrogens (tertiary/aromatic N) is 1. The van der Waals surface area contributed by atoms with Crippen LogP contribution in [0.4, 0.5) is 5.69 Å². The van der Waals surface area contributed by atoms with Gasteiger partial charge in [-0.25, -0.2) is 0 Å². The zero-order valence-corrected chi connectivity index (χ0v) is 11.7. The second-order valence-corrected chi connectivity index (χ2v) is 5.10. The highest BCUT2D eigenvalue weighted by Crippen LogP contribution is 2.27. The molecule has 3 rings (SSSR count). The second kappa shape index (κ2) is 5.96. The molecule has 4 nitrogen and oxygen atoms in total. The molecule has 0 amide bonds. The van der Waals surface area contributed by atoms with Gasteiger partial charge in [-0.1, -0.05) is 24.3 Å². The van der Waals surface area contributed by atoms with E-state index < -0.39 is 0 Å². The molecule has 1 atom stereocenters. The highest BCUT2D eigenvalue weighted by molar-refractivity contribution is 5.70. The van der Waals surface area contributed by atoms with E-state index in [0.29, 0.717) is 11.3 Å². The number of rotatable bonds is 2. The Morgan fingerprint density at radius 3 is 2.81 bits per heavy atom. The van der Waals surface area contributed by atoms with Gasteiger partial charge in [-0.05, 0) is 34.9 Å². The third kappa shape index (κ3) is 2.89. The average Bonchev–Trinajstić information content (AvgIpc) is 2.56. The number of nitrogens with two attached hydrogens (primary N) is 1. The molecule has 0 aliphatic carbocycles. The highest BCUT2D eigenvalue weighted by atomic mass is 16.5. The number of nitrogens with one attached hydrogen (secondary N) is 1. The zero-order valence-electron chi connectivity index (χ0n) is 11.7. The van der Waals surface area contributed by atoms with Crippen LogP contribution in [0.3, 0.4) is 0 Å². The minimum atomic E-state index is 0.0860. The number of hydrogen-bond acceptors (Lipinski definition) is 4. The molecule has 0 spiro atoms. The minimum Gasteiger partial charge on any atom is -0.398 e. The molecule has 0 saturated carbocycles. The summed E-state index contributed by atoms with van der Waals surface area (Å²) in [7, 11) is 0. The van der Waals surface area contributed by atoms with Gasteiger partial charge in [0.05, 0.1) is 18.3 Å². The standard InChI is InChI=1S/C17H17N3O/c18-10-15-9-13(4-5-16(15)19)12-2-1-3-14(8-12)17-11-20-6-7-21-17/h1-5,8-9,17,20H,6-7,11,19H2/t17-/m0/s1. The van der Waals surface area contributed by atoms with Gasteiger partial charge in [0.15, 0.2) is 0 Å². The van der Waals surface area contributed by atoms with E-state index in [2.05, 4.69) is 23.5 Å². The van der Waals surface area contributed by atoms with Crippen molar-refractivity contribution in [3.05, 3.63) is 53.6 Å². The molecule has 0 radical (unpaired) electrons. The number of morpholine rings is 1. The molecule has 1 fully saturated rings. The van der Waals surface area contributed by atoms with Crippen molar-refractivity contribution in [2.45, 2.75) is 6.10 Å². The second-order valence-electron chi connectivity index (χ2n) is 5.10. The summed E-state index contributed by atoms with van der Waals surface area (Å²) in [6.07, 6.45) is 0.0860. The minimum absolute atomic E-state index is 0.0860. The molecular weight excluding hydrogens is 262 g/mol. The van der Waals surface area contributed by atoms with Gasteiger partial charge in [-0.3, -0.25) is 0 Å².